The van der Waals surface area contributed by atoms with Crippen molar-refractivity contribution in [2.45, 2.75) is 51.4 Å². The van der Waals surface area contributed by atoms with E-state index in [1.165, 1.54) is 0 Å². The largest absolute Gasteiger partial charge is 0.494 e. The molecule has 2 aromatic carbocycles. The maximum Gasteiger partial charge on any atom is 0.338 e. The molecule has 1 atom stereocenters. The second-order valence-electron chi connectivity index (χ2n) is 8.06. The highest BCUT2D eigenvalue weighted by Gasteiger charge is 2.35. The van der Waals surface area contributed by atoms with E-state index >= 15 is 0 Å². The molecule has 0 spiro atoms. The van der Waals surface area contributed by atoms with Crippen LogP contribution < -0.4 is 10.1 Å². The zero-order chi connectivity index (χ0) is 23.9. The summed E-state index contributed by atoms with van der Waals surface area (Å²) >= 11 is 1.60. The SMILES string of the molecule is CCCOc1cccc(C2C(C(=O)OCc3ccccc3)=C(C)Nc3nc(SCCC)nn32)c1. The molecule has 7 nitrogen and oxygen atoms in total. The first kappa shape index (κ1) is 23.9. The highest BCUT2D eigenvalue weighted by molar-refractivity contribution is 7.99. The van der Waals surface area contributed by atoms with Gasteiger partial charge in [-0.25, -0.2) is 9.48 Å². The van der Waals surface area contributed by atoms with E-state index in [1.54, 1.807) is 16.4 Å². The monoisotopic (exact) mass is 478 g/mol. The van der Waals surface area contributed by atoms with Gasteiger partial charge in [0.1, 0.15) is 18.4 Å². The van der Waals surface area contributed by atoms with Gasteiger partial charge in [-0.05, 0) is 43.0 Å². The first-order chi connectivity index (χ1) is 16.6. The zero-order valence-electron chi connectivity index (χ0n) is 19.8. The molecule has 2 heterocycles. The fraction of sp³-hybridized carbons (Fsp3) is 0.346. The average Bonchev–Trinajstić information content (AvgIpc) is 3.27. The number of aromatic nitrogens is 3. The molecule has 1 N–H and O–H groups in total. The minimum Gasteiger partial charge on any atom is -0.494 e. The fourth-order valence-corrected chi connectivity index (χ4v) is 4.44. The van der Waals surface area contributed by atoms with Crippen LogP contribution in [-0.2, 0) is 16.1 Å². The Balaban J connectivity index is 1.69. The molecular formula is C26H30N4O3S. The lowest BCUT2D eigenvalue weighted by molar-refractivity contribution is -0.140. The summed E-state index contributed by atoms with van der Waals surface area (Å²) in [5, 5.41) is 8.68. The van der Waals surface area contributed by atoms with Crippen molar-refractivity contribution >= 4 is 23.7 Å². The van der Waals surface area contributed by atoms with Gasteiger partial charge < -0.3 is 14.8 Å². The van der Waals surface area contributed by atoms with Gasteiger partial charge >= 0.3 is 5.97 Å². The smallest absolute Gasteiger partial charge is 0.338 e. The van der Waals surface area contributed by atoms with Gasteiger partial charge in [0.15, 0.2) is 0 Å². The van der Waals surface area contributed by atoms with Crippen LogP contribution in [0.1, 0.15) is 50.8 Å². The average molecular weight is 479 g/mol. The van der Waals surface area contributed by atoms with Crippen molar-refractivity contribution in [3.05, 3.63) is 77.0 Å². The molecule has 34 heavy (non-hydrogen) atoms. The van der Waals surface area contributed by atoms with E-state index in [4.69, 9.17) is 14.6 Å². The Kier molecular flexibility index (Phi) is 7.90. The molecule has 0 bridgehead atoms. The van der Waals surface area contributed by atoms with Gasteiger partial charge in [-0.1, -0.05) is 68.1 Å². The summed E-state index contributed by atoms with van der Waals surface area (Å²) in [7, 11) is 0. The molecule has 3 aromatic rings. The molecule has 0 amide bonds. The summed E-state index contributed by atoms with van der Waals surface area (Å²) in [6, 6.07) is 17.0. The summed E-state index contributed by atoms with van der Waals surface area (Å²) < 4.78 is 13.4. The van der Waals surface area contributed by atoms with Gasteiger partial charge in [-0.3, -0.25) is 0 Å². The van der Waals surface area contributed by atoms with Crippen molar-refractivity contribution in [3.8, 4) is 5.75 Å². The standard InChI is InChI=1S/C26H30N4O3S/c1-4-14-32-21-13-9-12-20(16-21)23-22(24(31)33-17-19-10-7-6-8-11-19)18(3)27-25-28-26(29-30(23)25)34-15-5-2/h6-13,16,23H,4-5,14-15,17H2,1-3H3,(H,27,28,29). The number of carbonyl (C=O) groups excluding carboxylic acids is 1. The third-order valence-corrected chi connectivity index (χ3v) is 6.39. The predicted molar refractivity (Wildman–Crippen MR) is 134 cm³/mol. The molecule has 4 rings (SSSR count). The van der Waals surface area contributed by atoms with E-state index in [-0.39, 0.29) is 12.6 Å². The van der Waals surface area contributed by atoms with Crippen LogP contribution in [0.5, 0.6) is 5.75 Å². The van der Waals surface area contributed by atoms with E-state index < -0.39 is 6.04 Å². The van der Waals surface area contributed by atoms with E-state index in [0.29, 0.717) is 29.0 Å². The molecule has 0 radical (unpaired) electrons. The summed E-state index contributed by atoms with van der Waals surface area (Å²) in [5.74, 6) is 1.91. The number of nitrogens with zero attached hydrogens (tertiary/aromatic N) is 3. The Bertz CT molecular complexity index is 1160. The van der Waals surface area contributed by atoms with Gasteiger partial charge in [0.2, 0.25) is 11.1 Å². The molecule has 0 aliphatic carbocycles. The Hall–Kier alpha value is -3.26. The highest BCUT2D eigenvalue weighted by Crippen LogP contribution is 2.37. The van der Waals surface area contributed by atoms with Crippen LogP contribution in [0, 0.1) is 0 Å². The highest BCUT2D eigenvalue weighted by atomic mass is 32.2. The number of esters is 1. The van der Waals surface area contributed by atoms with Crippen LogP contribution in [0.4, 0.5) is 5.95 Å². The van der Waals surface area contributed by atoms with Crippen molar-refractivity contribution < 1.29 is 14.3 Å². The fourth-order valence-electron chi connectivity index (χ4n) is 3.75. The van der Waals surface area contributed by atoms with E-state index in [2.05, 4.69) is 24.1 Å². The molecule has 0 saturated heterocycles. The Labute approximate surface area is 204 Å². The molecule has 1 aliphatic rings. The third-order valence-electron chi connectivity index (χ3n) is 5.35. The normalized spacial score (nSPS) is 15.0. The van der Waals surface area contributed by atoms with Gasteiger partial charge in [-0.2, -0.15) is 4.98 Å². The predicted octanol–water partition coefficient (Wildman–Crippen LogP) is 5.60. The van der Waals surface area contributed by atoms with Crippen molar-refractivity contribution in [3.63, 3.8) is 0 Å². The lowest BCUT2D eigenvalue weighted by atomic mass is 9.95. The summed E-state index contributed by atoms with van der Waals surface area (Å²) in [6.07, 6.45) is 1.94. The van der Waals surface area contributed by atoms with Crippen molar-refractivity contribution in [1.29, 1.82) is 0 Å². The number of allylic oxidation sites excluding steroid dienone is 1. The Morgan fingerprint density at radius 2 is 1.94 bits per heavy atom. The molecule has 1 unspecified atom stereocenters. The number of ether oxygens (including phenoxy) is 2. The van der Waals surface area contributed by atoms with Crippen LogP contribution in [0.25, 0.3) is 0 Å². The van der Waals surface area contributed by atoms with Gasteiger partial charge in [-0.15, -0.1) is 5.10 Å². The number of fused-ring (bicyclic) bond motifs is 1. The molecular weight excluding hydrogens is 448 g/mol. The maximum absolute atomic E-state index is 13.4. The van der Waals surface area contributed by atoms with Gasteiger partial charge in [0.05, 0.1) is 12.2 Å². The van der Waals surface area contributed by atoms with Crippen LogP contribution in [0.3, 0.4) is 0 Å². The second kappa shape index (κ2) is 11.2. The Morgan fingerprint density at radius 3 is 2.71 bits per heavy atom. The Morgan fingerprint density at radius 1 is 1.12 bits per heavy atom. The number of hydrogen-bond donors (Lipinski definition) is 1. The number of anilines is 1. The zero-order valence-corrected chi connectivity index (χ0v) is 20.6. The van der Waals surface area contributed by atoms with E-state index in [9.17, 15) is 4.79 Å². The number of hydrogen-bond acceptors (Lipinski definition) is 7. The lowest BCUT2D eigenvalue weighted by Crippen LogP contribution is -2.29. The number of thioether (sulfide) groups is 1. The van der Waals surface area contributed by atoms with Crippen molar-refractivity contribution in [1.82, 2.24) is 14.8 Å². The molecule has 178 valence electrons. The third kappa shape index (κ3) is 5.44. The van der Waals surface area contributed by atoms with E-state index in [1.807, 2.05) is 61.5 Å². The minimum atomic E-state index is -0.479. The number of rotatable bonds is 10. The van der Waals surface area contributed by atoms with Crippen molar-refractivity contribution in [2.75, 3.05) is 17.7 Å². The summed E-state index contributed by atoms with van der Waals surface area (Å²) in [4.78, 5) is 18.1. The summed E-state index contributed by atoms with van der Waals surface area (Å²) in [5.41, 5.74) is 3.03. The van der Waals surface area contributed by atoms with Crippen LogP contribution in [0.15, 0.2) is 71.0 Å². The quantitative estimate of drug-likeness (QED) is 0.300. The summed E-state index contributed by atoms with van der Waals surface area (Å²) in [6.45, 7) is 6.90. The second-order valence-corrected chi connectivity index (χ2v) is 9.12. The molecule has 0 saturated carbocycles. The molecule has 8 heteroatoms. The van der Waals surface area contributed by atoms with E-state index in [0.717, 1.165) is 35.5 Å². The maximum atomic E-state index is 13.4. The van der Waals surface area contributed by atoms with Gasteiger partial charge in [0, 0.05) is 11.4 Å². The lowest BCUT2D eigenvalue weighted by Gasteiger charge is -2.28. The number of carbonyl (C=O) groups is 1. The molecule has 1 aromatic heterocycles. The first-order valence-electron chi connectivity index (χ1n) is 11.6. The van der Waals surface area contributed by atoms with Gasteiger partial charge in [0.25, 0.3) is 0 Å². The van der Waals surface area contributed by atoms with Crippen molar-refractivity contribution in [2.24, 2.45) is 0 Å². The molecule has 1 aliphatic heterocycles. The topological polar surface area (TPSA) is 78.3 Å². The van der Waals surface area contributed by atoms with Crippen LogP contribution >= 0.6 is 11.8 Å². The molecule has 0 fully saturated rings. The van der Waals surface area contributed by atoms with Crippen LogP contribution in [-0.4, -0.2) is 33.1 Å². The minimum absolute atomic E-state index is 0.199. The first-order valence-corrected chi connectivity index (χ1v) is 12.6. The number of nitrogens with one attached hydrogen (secondary N) is 1. The van der Waals surface area contributed by atoms with Crippen LogP contribution in [0.2, 0.25) is 0 Å². The number of benzene rings is 2.